The van der Waals surface area contributed by atoms with Crippen LogP contribution in [0.15, 0.2) is 10.3 Å². The zero-order valence-electron chi connectivity index (χ0n) is 11.8. The highest BCUT2D eigenvalue weighted by Crippen LogP contribution is 2.32. The number of hydrogen-bond acceptors (Lipinski definition) is 4. The summed E-state index contributed by atoms with van der Waals surface area (Å²) in [6.07, 6.45) is 5.28. The van der Waals surface area contributed by atoms with Crippen molar-refractivity contribution in [1.82, 2.24) is 4.72 Å². The van der Waals surface area contributed by atoms with Crippen molar-refractivity contribution in [3.8, 4) is 0 Å². The molecule has 1 aliphatic carbocycles. The Morgan fingerprint density at radius 2 is 2.10 bits per heavy atom. The van der Waals surface area contributed by atoms with E-state index in [1.807, 2.05) is 0 Å². The molecule has 1 aliphatic rings. The minimum Gasteiger partial charge on any atom is -0.392 e. The van der Waals surface area contributed by atoms with Crippen molar-refractivity contribution in [2.24, 2.45) is 11.7 Å². The van der Waals surface area contributed by atoms with Crippen LogP contribution >= 0.6 is 35.2 Å². The summed E-state index contributed by atoms with van der Waals surface area (Å²) in [6.45, 7) is 1.78. The van der Waals surface area contributed by atoms with Gasteiger partial charge in [-0.1, -0.05) is 43.1 Å². The molecular formula is C13H19ClN2O2S3. The van der Waals surface area contributed by atoms with E-state index in [0.717, 1.165) is 42.6 Å². The van der Waals surface area contributed by atoms with Gasteiger partial charge in [0.05, 0.1) is 15.4 Å². The first-order chi connectivity index (χ1) is 9.81. The summed E-state index contributed by atoms with van der Waals surface area (Å²) < 4.78 is 28.3. The van der Waals surface area contributed by atoms with Crippen LogP contribution < -0.4 is 10.5 Å². The smallest absolute Gasteiger partial charge is 0.250 e. The molecular weight excluding hydrogens is 348 g/mol. The van der Waals surface area contributed by atoms with E-state index in [1.165, 1.54) is 6.42 Å². The van der Waals surface area contributed by atoms with Gasteiger partial charge in [-0.05, 0) is 37.3 Å². The standard InChI is InChI=1S/C13H19ClN2O2S3/c1-8-7-10(20-12(8)14)21(17,18)16-11(13(15)19)9-5-3-2-4-6-9/h7,9,11,16H,2-6H2,1H3,(H2,15,19). The molecule has 2 rings (SSSR count). The van der Waals surface area contributed by atoms with Crippen molar-refractivity contribution < 1.29 is 8.42 Å². The molecule has 3 N–H and O–H groups in total. The summed E-state index contributed by atoms with van der Waals surface area (Å²) in [7, 11) is -3.64. The molecule has 0 radical (unpaired) electrons. The normalized spacial score (nSPS) is 18.6. The highest BCUT2D eigenvalue weighted by molar-refractivity contribution is 7.91. The third-order valence-corrected chi connectivity index (χ3v) is 7.53. The molecule has 8 heteroatoms. The van der Waals surface area contributed by atoms with Gasteiger partial charge < -0.3 is 5.73 Å². The Labute approximate surface area is 140 Å². The lowest BCUT2D eigenvalue weighted by Crippen LogP contribution is -2.48. The molecule has 1 unspecified atom stereocenters. The second kappa shape index (κ2) is 6.91. The molecule has 0 saturated heterocycles. The largest absolute Gasteiger partial charge is 0.392 e. The van der Waals surface area contributed by atoms with E-state index in [4.69, 9.17) is 29.6 Å². The number of nitrogens with two attached hydrogens (primary N) is 1. The van der Waals surface area contributed by atoms with Crippen LogP contribution in [0.2, 0.25) is 4.34 Å². The highest BCUT2D eigenvalue weighted by atomic mass is 35.5. The molecule has 118 valence electrons. The number of hydrogen-bond donors (Lipinski definition) is 2. The Morgan fingerprint density at radius 1 is 1.48 bits per heavy atom. The number of rotatable bonds is 5. The van der Waals surface area contributed by atoms with Crippen molar-refractivity contribution >= 4 is 50.2 Å². The van der Waals surface area contributed by atoms with E-state index >= 15 is 0 Å². The molecule has 21 heavy (non-hydrogen) atoms. The van der Waals surface area contributed by atoms with Crippen LogP contribution in [-0.4, -0.2) is 19.4 Å². The second-order valence-corrected chi connectivity index (χ2v) is 9.49. The second-order valence-electron chi connectivity index (χ2n) is 5.42. The maximum absolute atomic E-state index is 12.5. The van der Waals surface area contributed by atoms with E-state index in [2.05, 4.69) is 4.72 Å². The first kappa shape index (κ1) is 17.1. The van der Waals surface area contributed by atoms with Crippen molar-refractivity contribution in [2.45, 2.75) is 49.3 Å². The zero-order valence-corrected chi connectivity index (χ0v) is 15.0. The predicted molar refractivity (Wildman–Crippen MR) is 91.5 cm³/mol. The third-order valence-electron chi connectivity index (χ3n) is 3.81. The van der Waals surface area contributed by atoms with Crippen LogP contribution in [-0.2, 0) is 10.0 Å². The Hall–Kier alpha value is -0.210. The molecule has 4 nitrogen and oxygen atoms in total. The average Bonchev–Trinajstić information content (AvgIpc) is 2.78. The van der Waals surface area contributed by atoms with Crippen molar-refractivity contribution in [2.75, 3.05) is 0 Å². The first-order valence-electron chi connectivity index (χ1n) is 6.89. The van der Waals surface area contributed by atoms with Crippen LogP contribution in [0.3, 0.4) is 0 Å². The summed E-state index contributed by atoms with van der Waals surface area (Å²) in [5, 5.41) is 0. The van der Waals surface area contributed by atoms with Gasteiger partial charge in [-0.25, -0.2) is 13.1 Å². The van der Waals surface area contributed by atoms with Gasteiger partial charge >= 0.3 is 0 Å². The van der Waals surface area contributed by atoms with Crippen LogP contribution in [0.5, 0.6) is 0 Å². The molecule has 1 aromatic rings. The van der Waals surface area contributed by atoms with Gasteiger partial charge in [-0.2, -0.15) is 0 Å². The van der Waals surface area contributed by atoms with Crippen molar-refractivity contribution in [1.29, 1.82) is 0 Å². The molecule has 1 heterocycles. The Balaban J connectivity index is 2.20. The monoisotopic (exact) mass is 366 g/mol. The number of sulfonamides is 1. The van der Waals surface area contributed by atoms with Gasteiger partial charge in [0.1, 0.15) is 4.21 Å². The fourth-order valence-electron chi connectivity index (χ4n) is 2.64. The van der Waals surface area contributed by atoms with Gasteiger partial charge in [-0.15, -0.1) is 11.3 Å². The van der Waals surface area contributed by atoms with Gasteiger partial charge in [0, 0.05) is 0 Å². The minimum absolute atomic E-state index is 0.183. The van der Waals surface area contributed by atoms with Crippen LogP contribution in [0.4, 0.5) is 0 Å². The molecule has 0 aromatic carbocycles. The van der Waals surface area contributed by atoms with Crippen LogP contribution in [0, 0.1) is 12.8 Å². The highest BCUT2D eigenvalue weighted by Gasteiger charge is 2.31. The van der Waals surface area contributed by atoms with Gasteiger partial charge in [0.25, 0.3) is 10.0 Å². The van der Waals surface area contributed by atoms with E-state index in [1.54, 1.807) is 13.0 Å². The number of nitrogens with one attached hydrogen (secondary N) is 1. The molecule has 0 amide bonds. The molecule has 1 atom stereocenters. The fourth-order valence-corrected chi connectivity index (χ4v) is 5.98. The van der Waals surface area contributed by atoms with E-state index in [-0.39, 0.29) is 15.1 Å². The zero-order chi connectivity index (χ0) is 15.6. The van der Waals surface area contributed by atoms with Crippen LogP contribution in [0.25, 0.3) is 0 Å². The summed E-state index contributed by atoms with van der Waals surface area (Å²) in [5.74, 6) is 0.183. The van der Waals surface area contributed by atoms with Crippen molar-refractivity contribution in [3.05, 3.63) is 16.0 Å². The predicted octanol–water partition coefficient (Wildman–Crippen LogP) is 3.22. The average molecular weight is 367 g/mol. The topological polar surface area (TPSA) is 72.2 Å². The van der Waals surface area contributed by atoms with Gasteiger partial charge in [0.2, 0.25) is 0 Å². The fraction of sp³-hybridized carbons (Fsp3) is 0.615. The van der Waals surface area contributed by atoms with E-state index < -0.39 is 16.1 Å². The number of thiocarbonyl (C=S) groups is 1. The molecule has 0 aliphatic heterocycles. The number of halogens is 1. The van der Waals surface area contributed by atoms with Gasteiger partial charge in [0.15, 0.2) is 0 Å². The van der Waals surface area contributed by atoms with Crippen LogP contribution in [0.1, 0.15) is 37.7 Å². The lowest BCUT2D eigenvalue weighted by atomic mass is 9.84. The molecule has 0 spiro atoms. The summed E-state index contributed by atoms with van der Waals surface area (Å²) >= 11 is 12.1. The first-order valence-corrected chi connectivity index (χ1v) is 9.97. The maximum Gasteiger partial charge on any atom is 0.250 e. The Bertz CT molecular complexity index is 602. The SMILES string of the molecule is Cc1cc(S(=O)(=O)NC(C(N)=S)C2CCCCC2)sc1Cl. The third kappa shape index (κ3) is 4.16. The molecule has 1 saturated carbocycles. The minimum atomic E-state index is -3.64. The maximum atomic E-state index is 12.5. The van der Waals surface area contributed by atoms with Crippen molar-refractivity contribution in [3.63, 3.8) is 0 Å². The lowest BCUT2D eigenvalue weighted by Gasteiger charge is -2.29. The number of thiophene rings is 1. The molecule has 1 aromatic heterocycles. The lowest BCUT2D eigenvalue weighted by molar-refractivity contribution is 0.330. The Morgan fingerprint density at radius 3 is 2.57 bits per heavy atom. The quantitative estimate of drug-likeness (QED) is 0.785. The Kier molecular flexibility index (Phi) is 5.65. The summed E-state index contributed by atoms with van der Waals surface area (Å²) in [4.78, 5) is 0.213. The molecule has 0 bridgehead atoms. The van der Waals surface area contributed by atoms with E-state index in [9.17, 15) is 8.42 Å². The van der Waals surface area contributed by atoms with Gasteiger partial charge in [-0.3, -0.25) is 0 Å². The number of aryl methyl sites for hydroxylation is 1. The molecule has 1 fully saturated rings. The summed E-state index contributed by atoms with van der Waals surface area (Å²) in [5.41, 5.74) is 6.53. The van der Waals surface area contributed by atoms with E-state index in [0.29, 0.717) is 4.34 Å². The summed E-state index contributed by atoms with van der Waals surface area (Å²) in [6, 6.07) is 1.10.